The highest BCUT2D eigenvalue weighted by Gasteiger charge is 2.31. The summed E-state index contributed by atoms with van der Waals surface area (Å²) in [5.41, 5.74) is 1.40. The molecule has 0 aromatic heterocycles. The molecule has 1 aromatic carbocycles. The quantitative estimate of drug-likeness (QED) is 0.616. The Bertz CT molecular complexity index is 479. The number of nitrogens with zero attached hydrogens (tertiary/aromatic N) is 3. The van der Waals surface area contributed by atoms with Gasteiger partial charge in [0.1, 0.15) is 0 Å². The zero-order valence-corrected chi connectivity index (χ0v) is 12.7. The van der Waals surface area contributed by atoms with Crippen molar-refractivity contribution < 1.29 is 4.92 Å². The Morgan fingerprint density at radius 1 is 1.20 bits per heavy atom. The lowest BCUT2D eigenvalue weighted by atomic mass is 10.0. The summed E-state index contributed by atoms with van der Waals surface area (Å²) < 4.78 is 0. The van der Waals surface area contributed by atoms with Crippen LogP contribution in [0.2, 0.25) is 0 Å². The lowest BCUT2D eigenvalue weighted by Gasteiger charge is -2.47. The van der Waals surface area contributed by atoms with E-state index < -0.39 is 0 Å². The molecule has 1 aromatic rings. The van der Waals surface area contributed by atoms with E-state index in [2.05, 4.69) is 37.5 Å². The molecule has 1 saturated heterocycles. The number of benzene rings is 1. The van der Waals surface area contributed by atoms with Crippen LogP contribution in [0.3, 0.4) is 0 Å². The molecule has 1 aliphatic rings. The fourth-order valence-corrected chi connectivity index (χ4v) is 2.97. The zero-order chi connectivity index (χ0) is 14.9. The highest BCUT2D eigenvalue weighted by atomic mass is 16.6. The van der Waals surface area contributed by atoms with Gasteiger partial charge in [0, 0.05) is 49.0 Å². The molecule has 0 saturated carbocycles. The second-order valence-electron chi connectivity index (χ2n) is 6.43. The molecule has 2 rings (SSSR count). The van der Waals surface area contributed by atoms with Crippen molar-refractivity contribution >= 4 is 11.4 Å². The summed E-state index contributed by atoms with van der Waals surface area (Å²) in [4.78, 5) is 15.1. The lowest BCUT2D eigenvalue weighted by Crippen LogP contribution is -2.58. The Balaban J connectivity index is 2.07. The van der Waals surface area contributed by atoms with Crippen LogP contribution >= 0.6 is 0 Å². The minimum atomic E-state index is -0.357. The predicted molar refractivity (Wildman–Crippen MR) is 81.2 cm³/mol. The number of hydrogen-bond donors (Lipinski definition) is 0. The lowest BCUT2D eigenvalue weighted by molar-refractivity contribution is -0.384. The Kier molecular flexibility index (Phi) is 3.99. The predicted octanol–water partition coefficient (Wildman–Crippen LogP) is 2.90. The molecule has 5 nitrogen and oxygen atoms in total. The minimum Gasteiger partial charge on any atom is -0.369 e. The smallest absolute Gasteiger partial charge is 0.269 e. The van der Waals surface area contributed by atoms with Gasteiger partial charge in [0.15, 0.2) is 0 Å². The van der Waals surface area contributed by atoms with Crippen molar-refractivity contribution in [2.24, 2.45) is 0 Å². The highest BCUT2D eigenvalue weighted by molar-refractivity contribution is 5.51. The van der Waals surface area contributed by atoms with Crippen LogP contribution in [0, 0.1) is 10.1 Å². The normalized spacial score (nSPS) is 21.0. The number of piperazine rings is 1. The number of rotatable bonds is 2. The number of anilines is 1. The first-order chi connectivity index (χ1) is 9.29. The Labute approximate surface area is 120 Å². The van der Waals surface area contributed by atoms with Gasteiger partial charge in [0.2, 0.25) is 0 Å². The third-order valence-electron chi connectivity index (χ3n) is 3.91. The molecule has 0 aliphatic carbocycles. The van der Waals surface area contributed by atoms with Crippen LogP contribution in [0.5, 0.6) is 0 Å². The van der Waals surface area contributed by atoms with Gasteiger partial charge in [-0.1, -0.05) is 0 Å². The van der Waals surface area contributed by atoms with Crippen LogP contribution in [-0.4, -0.2) is 41.0 Å². The maximum Gasteiger partial charge on any atom is 0.269 e. The Hall–Kier alpha value is -1.62. The van der Waals surface area contributed by atoms with E-state index in [9.17, 15) is 10.1 Å². The monoisotopic (exact) mass is 277 g/mol. The summed E-state index contributed by atoms with van der Waals surface area (Å²) in [7, 11) is 0. The first kappa shape index (κ1) is 14.8. The summed E-state index contributed by atoms with van der Waals surface area (Å²) in [6, 6.07) is 7.32. The molecule has 20 heavy (non-hydrogen) atoms. The van der Waals surface area contributed by atoms with Gasteiger partial charge in [-0.25, -0.2) is 0 Å². The van der Waals surface area contributed by atoms with Crippen LogP contribution in [0.25, 0.3) is 0 Å². The summed E-state index contributed by atoms with van der Waals surface area (Å²) >= 11 is 0. The van der Waals surface area contributed by atoms with E-state index >= 15 is 0 Å². The average Bonchev–Trinajstić information content (AvgIpc) is 2.37. The molecular weight excluding hydrogens is 254 g/mol. The fourth-order valence-electron chi connectivity index (χ4n) is 2.97. The average molecular weight is 277 g/mol. The van der Waals surface area contributed by atoms with Gasteiger partial charge in [-0.05, 0) is 39.8 Å². The van der Waals surface area contributed by atoms with Crippen molar-refractivity contribution in [2.45, 2.75) is 39.3 Å². The van der Waals surface area contributed by atoms with Gasteiger partial charge < -0.3 is 4.90 Å². The van der Waals surface area contributed by atoms with E-state index in [0.29, 0.717) is 6.04 Å². The van der Waals surface area contributed by atoms with Crippen molar-refractivity contribution in [2.75, 3.05) is 24.5 Å². The molecule has 5 heteroatoms. The van der Waals surface area contributed by atoms with Gasteiger partial charge in [0.05, 0.1) is 4.92 Å². The van der Waals surface area contributed by atoms with Crippen molar-refractivity contribution in [3.8, 4) is 0 Å². The molecule has 1 fully saturated rings. The molecule has 0 unspecified atom stereocenters. The van der Waals surface area contributed by atoms with Gasteiger partial charge in [-0.3, -0.25) is 15.0 Å². The van der Waals surface area contributed by atoms with Crippen molar-refractivity contribution in [1.82, 2.24) is 4.90 Å². The molecule has 0 spiro atoms. The van der Waals surface area contributed by atoms with Crippen LogP contribution in [0.15, 0.2) is 24.3 Å². The maximum atomic E-state index is 10.7. The Morgan fingerprint density at radius 3 is 2.25 bits per heavy atom. The van der Waals surface area contributed by atoms with Crippen LogP contribution in [0.4, 0.5) is 11.4 Å². The Morgan fingerprint density at radius 2 is 1.80 bits per heavy atom. The fraction of sp³-hybridized carbons (Fsp3) is 0.600. The third-order valence-corrected chi connectivity index (χ3v) is 3.91. The summed E-state index contributed by atoms with van der Waals surface area (Å²) in [5, 5.41) is 10.7. The molecule has 0 amide bonds. The van der Waals surface area contributed by atoms with E-state index in [4.69, 9.17) is 0 Å². The molecule has 1 aliphatic heterocycles. The van der Waals surface area contributed by atoms with Crippen molar-refractivity contribution in [1.29, 1.82) is 0 Å². The molecule has 0 N–H and O–H groups in total. The van der Waals surface area contributed by atoms with E-state index in [1.165, 1.54) is 0 Å². The summed E-state index contributed by atoms with van der Waals surface area (Å²) in [6.07, 6.45) is 0. The summed E-state index contributed by atoms with van der Waals surface area (Å²) in [6.45, 7) is 11.9. The SMILES string of the molecule is C[C@@H]1CN(c2ccc([N+](=O)[O-])cc2)CCN1C(C)(C)C. The van der Waals surface area contributed by atoms with E-state index in [-0.39, 0.29) is 16.1 Å². The van der Waals surface area contributed by atoms with Crippen LogP contribution < -0.4 is 4.90 Å². The summed E-state index contributed by atoms with van der Waals surface area (Å²) in [5.74, 6) is 0. The third kappa shape index (κ3) is 3.10. The molecule has 1 heterocycles. The van der Waals surface area contributed by atoms with E-state index in [0.717, 1.165) is 25.3 Å². The van der Waals surface area contributed by atoms with Crippen LogP contribution in [-0.2, 0) is 0 Å². The molecular formula is C15H23N3O2. The van der Waals surface area contributed by atoms with Gasteiger partial charge in [-0.2, -0.15) is 0 Å². The van der Waals surface area contributed by atoms with Gasteiger partial charge in [0.25, 0.3) is 5.69 Å². The molecule has 1 atom stereocenters. The standard InChI is InChI=1S/C15H23N3O2/c1-12-11-16(9-10-17(12)15(2,3)4)13-5-7-14(8-6-13)18(19)20/h5-8,12H,9-11H2,1-4H3/t12-/m1/s1. The highest BCUT2D eigenvalue weighted by Crippen LogP contribution is 2.25. The topological polar surface area (TPSA) is 49.6 Å². The van der Waals surface area contributed by atoms with E-state index in [1.807, 2.05) is 12.1 Å². The molecule has 0 radical (unpaired) electrons. The second-order valence-corrected chi connectivity index (χ2v) is 6.43. The van der Waals surface area contributed by atoms with Gasteiger partial charge >= 0.3 is 0 Å². The zero-order valence-electron chi connectivity index (χ0n) is 12.7. The number of nitro benzene ring substituents is 1. The molecule has 0 bridgehead atoms. The number of hydrogen-bond acceptors (Lipinski definition) is 4. The largest absolute Gasteiger partial charge is 0.369 e. The first-order valence-electron chi connectivity index (χ1n) is 7.05. The van der Waals surface area contributed by atoms with E-state index in [1.54, 1.807) is 12.1 Å². The number of non-ortho nitro benzene ring substituents is 1. The second kappa shape index (κ2) is 5.40. The first-order valence-corrected chi connectivity index (χ1v) is 7.05. The number of nitro groups is 1. The van der Waals surface area contributed by atoms with Crippen molar-refractivity contribution in [3.63, 3.8) is 0 Å². The van der Waals surface area contributed by atoms with Crippen LogP contribution in [0.1, 0.15) is 27.7 Å². The maximum absolute atomic E-state index is 10.7. The van der Waals surface area contributed by atoms with Gasteiger partial charge in [-0.15, -0.1) is 0 Å². The minimum absolute atomic E-state index is 0.148. The van der Waals surface area contributed by atoms with Crippen molar-refractivity contribution in [3.05, 3.63) is 34.4 Å². The molecule has 110 valence electrons.